The van der Waals surface area contributed by atoms with Gasteiger partial charge < -0.3 is 11.1 Å². The summed E-state index contributed by atoms with van der Waals surface area (Å²) in [6, 6.07) is 16.0. The van der Waals surface area contributed by atoms with Gasteiger partial charge in [0.25, 0.3) is 0 Å². The minimum atomic E-state index is 0.591. The predicted octanol–water partition coefficient (Wildman–Crippen LogP) is 2.53. The van der Waals surface area contributed by atoms with Crippen molar-refractivity contribution >= 4 is 23.3 Å². The zero-order valence-corrected chi connectivity index (χ0v) is 13.9. The number of rotatable bonds is 2. The normalized spacial score (nSPS) is 17.7. The second kappa shape index (κ2) is 6.36. The second-order valence-electron chi connectivity index (χ2n) is 5.22. The molecule has 1 aliphatic heterocycles. The topological polar surface area (TPSA) is 79.7 Å². The summed E-state index contributed by atoms with van der Waals surface area (Å²) in [4.78, 5) is 5.37. The predicted molar refractivity (Wildman–Crippen MR) is 97.0 cm³/mol. The van der Waals surface area contributed by atoms with Crippen LogP contribution < -0.4 is 21.9 Å². The fourth-order valence-corrected chi connectivity index (χ4v) is 3.35. The van der Waals surface area contributed by atoms with E-state index < -0.39 is 0 Å². The van der Waals surface area contributed by atoms with Crippen LogP contribution in [-0.2, 0) is 0 Å². The highest BCUT2D eigenvalue weighted by Gasteiger charge is 2.25. The van der Waals surface area contributed by atoms with E-state index in [1.807, 2.05) is 36.4 Å². The van der Waals surface area contributed by atoms with Gasteiger partial charge in [0.2, 0.25) is 0 Å². The summed E-state index contributed by atoms with van der Waals surface area (Å²) in [7, 11) is 1.74. The molecule has 0 aliphatic carbocycles. The number of aryl methyl sites for hydroxylation is 1. The standard InChI is InChI=1S/C17H19N5S/c1-11-6-5-7-12(10-11)23-15(18)17-21-16(20-2)13-8-3-4-9-14(13)22(17)19/h3-10H,18-19H2,1-2H3,(H,20,21)/b17-15+. The van der Waals surface area contributed by atoms with Crippen LogP contribution in [0.4, 0.5) is 5.69 Å². The van der Waals surface area contributed by atoms with Crippen molar-refractivity contribution in [1.29, 1.82) is 0 Å². The van der Waals surface area contributed by atoms with Crippen LogP contribution in [0.5, 0.6) is 0 Å². The third kappa shape index (κ3) is 3.04. The lowest BCUT2D eigenvalue weighted by Gasteiger charge is -2.32. The average molecular weight is 325 g/mol. The summed E-state index contributed by atoms with van der Waals surface area (Å²) >= 11 is 1.47. The number of benzene rings is 2. The Morgan fingerprint density at radius 3 is 2.70 bits per heavy atom. The van der Waals surface area contributed by atoms with Crippen LogP contribution in [0.15, 0.2) is 69.3 Å². The molecule has 118 valence electrons. The summed E-state index contributed by atoms with van der Waals surface area (Å²) in [5.74, 6) is 7.65. The van der Waals surface area contributed by atoms with Crippen LogP contribution in [0.3, 0.4) is 0 Å². The molecule has 1 aliphatic rings. The van der Waals surface area contributed by atoms with Crippen LogP contribution in [0.25, 0.3) is 0 Å². The first-order valence-electron chi connectivity index (χ1n) is 7.22. The van der Waals surface area contributed by atoms with E-state index >= 15 is 0 Å². The molecule has 23 heavy (non-hydrogen) atoms. The molecule has 0 fully saturated rings. The Morgan fingerprint density at radius 1 is 1.17 bits per heavy atom. The smallest absolute Gasteiger partial charge is 0.157 e. The fraction of sp³-hybridized carbons (Fsp3) is 0.118. The van der Waals surface area contributed by atoms with E-state index in [1.54, 1.807) is 12.1 Å². The first-order chi connectivity index (χ1) is 11.1. The molecule has 0 aromatic heterocycles. The van der Waals surface area contributed by atoms with Crippen molar-refractivity contribution in [3.8, 4) is 0 Å². The van der Waals surface area contributed by atoms with Gasteiger partial charge in [-0.1, -0.05) is 41.6 Å². The molecule has 2 aromatic carbocycles. The largest absolute Gasteiger partial charge is 0.390 e. The number of para-hydroxylation sites is 1. The molecule has 6 heteroatoms. The molecule has 0 saturated heterocycles. The van der Waals surface area contributed by atoms with Crippen LogP contribution in [0, 0.1) is 6.92 Å². The first-order valence-corrected chi connectivity index (χ1v) is 8.04. The third-order valence-electron chi connectivity index (χ3n) is 3.57. The Labute approximate surface area is 140 Å². The summed E-state index contributed by atoms with van der Waals surface area (Å²) in [5, 5.41) is 5.39. The highest BCUT2D eigenvalue weighted by Crippen LogP contribution is 2.31. The molecular formula is C17H19N5S. The molecule has 2 aromatic rings. The van der Waals surface area contributed by atoms with Crippen molar-refractivity contribution < 1.29 is 0 Å². The number of nitrogens with two attached hydrogens (primary N) is 2. The molecular weight excluding hydrogens is 306 g/mol. The Hall–Kier alpha value is -2.44. The van der Waals surface area contributed by atoms with Gasteiger partial charge in [-0.05, 0) is 31.2 Å². The van der Waals surface area contributed by atoms with E-state index in [9.17, 15) is 0 Å². The highest BCUT2D eigenvalue weighted by molar-refractivity contribution is 8.03. The van der Waals surface area contributed by atoms with Crippen LogP contribution in [0.2, 0.25) is 0 Å². The lowest BCUT2D eigenvalue weighted by atomic mass is 10.1. The summed E-state index contributed by atoms with van der Waals surface area (Å²) in [6.07, 6.45) is 0. The van der Waals surface area contributed by atoms with Gasteiger partial charge in [-0.3, -0.25) is 10.0 Å². The number of amidine groups is 1. The Kier molecular flexibility index (Phi) is 4.27. The average Bonchev–Trinajstić information content (AvgIpc) is 2.55. The quantitative estimate of drug-likeness (QED) is 0.584. The number of fused-ring (bicyclic) bond motifs is 1. The van der Waals surface area contributed by atoms with Crippen molar-refractivity contribution in [3.05, 3.63) is 70.5 Å². The van der Waals surface area contributed by atoms with Gasteiger partial charge in [0.1, 0.15) is 10.9 Å². The molecule has 0 unspecified atom stereocenters. The molecule has 0 spiro atoms. The van der Waals surface area contributed by atoms with Gasteiger partial charge in [-0.25, -0.2) is 5.84 Å². The van der Waals surface area contributed by atoms with Crippen LogP contribution in [-0.4, -0.2) is 12.9 Å². The maximum Gasteiger partial charge on any atom is 0.157 e. The molecule has 0 amide bonds. The zero-order chi connectivity index (χ0) is 16.4. The molecule has 5 nitrogen and oxygen atoms in total. The lowest BCUT2D eigenvalue weighted by molar-refractivity contribution is 0.879. The molecule has 1 heterocycles. The van der Waals surface area contributed by atoms with Crippen molar-refractivity contribution in [2.45, 2.75) is 11.8 Å². The minimum Gasteiger partial charge on any atom is -0.390 e. The number of aliphatic imine (C=N–C) groups is 1. The van der Waals surface area contributed by atoms with Gasteiger partial charge in [-0.2, -0.15) is 0 Å². The number of thioether (sulfide) groups is 1. The molecule has 0 bridgehead atoms. The fourth-order valence-electron chi connectivity index (χ4n) is 2.45. The van der Waals surface area contributed by atoms with E-state index in [0.29, 0.717) is 10.9 Å². The number of hydrazine groups is 1. The van der Waals surface area contributed by atoms with E-state index in [1.165, 1.54) is 17.3 Å². The van der Waals surface area contributed by atoms with Gasteiger partial charge in [0.15, 0.2) is 5.82 Å². The monoisotopic (exact) mass is 325 g/mol. The maximum atomic E-state index is 6.30. The van der Waals surface area contributed by atoms with E-state index in [0.717, 1.165) is 22.0 Å². The van der Waals surface area contributed by atoms with Crippen molar-refractivity contribution in [2.24, 2.45) is 16.6 Å². The number of anilines is 1. The van der Waals surface area contributed by atoms with Crippen molar-refractivity contribution in [3.63, 3.8) is 0 Å². The van der Waals surface area contributed by atoms with Gasteiger partial charge in [0.05, 0.1) is 5.69 Å². The lowest BCUT2D eigenvalue weighted by Crippen LogP contribution is -2.46. The summed E-state index contributed by atoms with van der Waals surface area (Å²) < 4.78 is 0. The van der Waals surface area contributed by atoms with Crippen molar-refractivity contribution in [2.75, 3.05) is 12.1 Å². The van der Waals surface area contributed by atoms with Gasteiger partial charge >= 0.3 is 0 Å². The first kappa shape index (κ1) is 15.5. The van der Waals surface area contributed by atoms with Gasteiger partial charge in [-0.15, -0.1) is 0 Å². The molecule has 0 saturated carbocycles. The SMILES string of the molecule is CN=C1N/C(=C(/N)Sc2cccc(C)c2)N(N)c2ccccc21. The minimum absolute atomic E-state index is 0.591. The maximum absolute atomic E-state index is 6.30. The van der Waals surface area contributed by atoms with Crippen LogP contribution in [0.1, 0.15) is 11.1 Å². The van der Waals surface area contributed by atoms with Crippen LogP contribution >= 0.6 is 11.8 Å². The molecule has 0 atom stereocenters. The number of hydrogen-bond donors (Lipinski definition) is 3. The van der Waals surface area contributed by atoms with E-state index in [2.05, 4.69) is 29.4 Å². The molecule has 5 N–H and O–H groups in total. The van der Waals surface area contributed by atoms with E-state index in [-0.39, 0.29) is 0 Å². The highest BCUT2D eigenvalue weighted by atomic mass is 32.2. The number of hydrogen-bond acceptors (Lipinski definition) is 5. The summed E-state index contributed by atoms with van der Waals surface area (Å²) in [5.41, 5.74) is 9.31. The molecule has 0 radical (unpaired) electrons. The Balaban J connectivity index is 1.99. The number of nitrogens with zero attached hydrogens (tertiary/aromatic N) is 2. The summed E-state index contributed by atoms with van der Waals surface area (Å²) in [6.45, 7) is 2.06. The number of nitrogens with one attached hydrogen (secondary N) is 1. The Bertz CT molecular complexity index is 797. The molecule has 3 rings (SSSR count). The third-order valence-corrected chi connectivity index (χ3v) is 4.47. The van der Waals surface area contributed by atoms with E-state index in [4.69, 9.17) is 11.6 Å². The Morgan fingerprint density at radius 2 is 1.96 bits per heavy atom. The second-order valence-corrected chi connectivity index (χ2v) is 6.33. The van der Waals surface area contributed by atoms with Gasteiger partial charge in [0, 0.05) is 17.5 Å². The zero-order valence-electron chi connectivity index (χ0n) is 13.1. The van der Waals surface area contributed by atoms with Crippen molar-refractivity contribution in [1.82, 2.24) is 5.32 Å².